The first-order chi connectivity index (χ1) is 10.1. The molecule has 0 heterocycles. The van der Waals surface area contributed by atoms with E-state index in [4.69, 9.17) is 0 Å². The summed E-state index contributed by atoms with van der Waals surface area (Å²) in [6, 6.07) is 6.72. The van der Waals surface area contributed by atoms with E-state index in [1.54, 1.807) is 12.1 Å². The summed E-state index contributed by atoms with van der Waals surface area (Å²) in [5.41, 5.74) is 0.725. The van der Waals surface area contributed by atoms with Crippen LogP contribution in [0, 0.1) is 0 Å². The predicted molar refractivity (Wildman–Crippen MR) is 94.3 cm³/mol. The van der Waals surface area contributed by atoms with Crippen LogP contribution in [0.15, 0.2) is 29.2 Å². The molecule has 0 unspecified atom stereocenters. The Kier molecular flexibility index (Phi) is 12.6. The van der Waals surface area contributed by atoms with Crippen molar-refractivity contribution in [2.24, 2.45) is 0 Å². The van der Waals surface area contributed by atoms with Crippen LogP contribution in [-0.4, -0.2) is 42.5 Å². The Morgan fingerprint density at radius 3 is 1.91 bits per heavy atom. The zero-order valence-electron chi connectivity index (χ0n) is 13.1. The van der Waals surface area contributed by atoms with Crippen molar-refractivity contribution in [3.8, 4) is 0 Å². The summed E-state index contributed by atoms with van der Waals surface area (Å²) < 4.78 is 31.7. The van der Waals surface area contributed by atoms with E-state index in [1.807, 2.05) is 6.07 Å². The number of hydrogen-bond donors (Lipinski definition) is 1. The van der Waals surface area contributed by atoms with E-state index < -0.39 is 10.1 Å². The number of aryl methyl sites for hydroxylation is 1. The van der Waals surface area contributed by atoms with Gasteiger partial charge in [0.05, 0.1) is 4.90 Å². The minimum atomic E-state index is -4.09. The van der Waals surface area contributed by atoms with Gasteiger partial charge in [0.15, 0.2) is 0 Å². The van der Waals surface area contributed by atoms with Crippen LogP contribution in [0.2, 0.25) is 0 Å². The molecule has 5 heteroatoms. The molecule has 1 rings (SSSR count). The van der Waals surface area contributed by atoms with Gasteiger partial charge in [0.25, 0.3) is 10.1 Å². The van der Waals surface area contributed by atoms with Gasteiger partial charge in [0.1, 0.15) is 0 Å². The third kappa shape index (κ3) is 9.31. The Hall–Kier alpha value is 0.130. The van der Waals surface area contributed by atoms with Crippen LogP contribution in [0.1, 0.15) is 70.3 Å². The fourth-order valence-corrected chi connectivity index (χ4v) is 3.34. The number of rotatable bonds is 11. The zero-order chi connectivity index (χ0) is 15.6. The van der Waals surface area contributed by atoms with Crippen LogP contribution in [0.25, 0.3) is 0 Å². The van der Waals surface area contributed by atoms with E-state index in [1.165, 1.54) is 51.0 Å². The molecule has 0 fully saturated rings. The van der Waals surface area contributed by atoms with E-state index >= 15 is 0 Å². The van der Waals surface area contributed by atoms with Crippen molar-refractivity contribution in [2.45, 2.75) is 76.0 Å². The monoisotopic (exact) mass is 336 g/mol. The molecule has 0 amide bonds. The quantitative estimate of drug-likeness (QED) is 0.371. The molecule has 122 valence electrons. The van der Waals surface area contributed by atoms with Gasteiger partial charge in [-0.3, -0.25) is 4.55 Å². The molecule has 0 aliphatic rings. The van der Waals surface area contributed by atoms with Gasteiger partial charge in [0.2, 0.25) is 0 Å². The molecule has 1 aromatic carbocycles. The van der Waals surface area contributed by atoms with Gasteiger partial charge in [-0.2, -0.15) is 8.42 Å². The Morgan fingerprint density at radius 1 is 0.864 bits per heavy atom. The van der Waals surface area contributed by atoms with Crippen molar-refractivity contribution in [2.75, 3.05) is 0 Å². The first-order valence-corrected chi connectivity index (χ1v) is 9.55. The summed E-state index contributed by atoms with van der Waals surface area (Å²) in [6.07, 6.45) is 11.9. The molecular weight excluding hydrogens is 307 g/mol. The molecular formula is C17H29NaO3S. The van der Waals surface area contributed by atoms with Gasteiger partial charge in [0, 0.05) is 0 Å². The summed E-state index contributed by atoms with van der Waals surface area (Å²) in [5, 5.41) is 0. The van der Waals surface area contributed by atoms with Crippen LogP contribution in [0.5, 0.6) is 0 Å². The first-order valence-electron chi connectivity index (χ1n) is 8.11. The molecule has 1 aromatic rings. The first kappa shape index (κ1) is 22.1. The van der Waals surface area contributed by atoms with E-state index in [0.29, 0.717) is 6.42 Å². The molecule has 0 saturated carbocycles. The van der Waals surface area contributed by atoms with Crippen LogP contribution >= 0.6 is 0 Å². The third-order valence-electron chi connectivity index (χ3n) is 3.80. The second-order valence-electron chi connectivity index (χ2n) is 5.66. The summed E-state index contributed by atoms with van der Waals surface area (Å²) in [6.45, 7) is 2.23. The molecule has 0 saturated heterocycles. The third-order valence-corrected chi connectivity index (χ3v) is 4.75. The molecule has 0 aromatic heterocycles. The Bertz CT molecular complexity index is 500. The zero-order valence-corrected chi connectivity index (χ0v) is 13.9. The fraction of sp³-hybridized carbons (Fsp3) is 0.647. The molecule has 3 nitrogen and oxygen atoms in total. The molecule has 0 spiro atoms. The Labute approximate surface area is 157 Å². The maximum atomic E-state index is 11.3. The molecule has 1 N–H and O–H groups in total. The summed E-state index contributed by atoms with van der Waals surface area (Å²) in [7, 11) is -4.09. The average Bonchev–Trinajstić information content (AvgIpc) is 2.45. The molecule has 0 aliphatic carbocycles. The van der Waals surface area contributed by atoms with Crippen molar-refractivity contribution < 1.29 is 13.0 Å². The Balaban J connectivity index is 0.00000441. The van der Waals surface area contributed by atoms with E-state index in [2.05, 4.69) is 6.92 Å². The molecule has 0 atom stereocenters. The van der Waals surface area contributed by atoms with Crippen LogP contribution in [0.3, 0.4) is 0 Å². The molecule has 0 aliphatic heterocycles. The van der Waals surface area contributed by atoms with Gasteiger partial charge >= 0.3 is 29.6 Å². The van der Waals surface area contributed by atoms with Gasteiger partial charge < -0.3 is 0 Å². The van der Waals surface area contributed by atoms with Crippen LogP contribution in [0.4, 0.5) is 0 Å². The van der Waals surface area contributed by atoms with Gasteiger partial charge in [-0.15, -0.1) is 0 Å². The van der Waals surface area contributed by atoms with Crippen molar-refractivity contribution in [3.63, 3.8) is 0 Å². The SMILES string of the molecule is CCCCCCCCCCCc1ccccc1S(=O)(=O)O.[NaH]. The van der Waals surface area contributed by atoms with Crippen molar-refractivity contribution in [3.05, 3.63) is 29.8 Å². The minimum absolute atomic E-state index is 0. The second kappa shape index (κ2) is 12.5. The number of benzene rings is 1. The topological polar surface area (TPSA) is 54.4 Å². The number of unbranched alkanes of at least 4 members (excludes halogenated alkanes) is 8. The normalized spacial score (nSPS) is 11.2. The van der Waals surface area contributed by atoms with Crippen LogP contribution in [-0.2, 0) is 16.5 Å². The standard InChI is InChI=1S/C17H28O3S.Na.H/c1-2-3-4-5-6-7-8-9-10-13-16-14-11-12-15-17(16)21(18,19)20;;/h11-12,14-15H,2-10,13H2,1H3,(H,18,19,20);;. The van der Waals surface area contributed by atoms with E-state index in [0.717, 1.165) is 18.4 Å². The van der Waals surface area contributed by atoms with Crippen molar-refractivity contribution >= 4 is 39.7 Å². The van der Waals surface area contributed by atoms with Crippen LogP contribution < -0.4 is 0 Å². The predicted octanol–water partition coefficient (Wildman–Crippen LogP) is 4.36. The van der Waals surface area contributed by atoms with E-state index in [9.17, 15) is 13.0 Å². The molecule has 0 radical (unpaired) electrons. The average molecular weight is 336 g/mol. The summed E-state index contributed by atoms with van der Waals surface area (Å²) in [5.74, 6) is 0. The molecule has 22 heavy (non-hydrogen) atoms. The molecule has 0 bridgehead atoms. The van der Waals surface area contributed by atoms with Gasteiger partial charge in [-0.25, -0.2) is 0 Å². The van der Waals surface area contributed by atoms with E-state index in [-0.39, 0.29) is 34.5 Å². The fourth-order valence-electron chi connectivity index (χ4n) is 2.59. The summed E-state index contributed by atoms with van der Waals surface area (Å²) >= 11 is 0. The Morgan fingerprint density at radius 2 is 1.36 bits per heavy atom. The van der Waals surface area contributed by atoms with Crippen molar-refractivity contribution in [1.82, 2.24) is 0 Å². The van der Waals surface area contributed by atoms with Gasteiger partial charge in [-0.1, -0.05) is 76.5 Å². The maximum absolute atomic E-state index is 11.3. The number of hydrogen-bond acceptors (Lipinski definition) is 2. The van der Waals surface area contributed by atoms with Crippen molar-refractivity contribution in [1.29, 1.82) is 0 Å². The van der Waals surface area contributed by atoms with Gasteiger partial charge in [-0.05, 0) is 24.5 Å². The second-order valence-corrected chi connectivity index (χ2v) is 7.05. The summed E-state index contributed by atoms with van der Waals surface area (Å²) in [4.78, 5) is 0.0598.